The number of carbonyl (C=O) groups is 1. The molecule has 1 amide bonds. The number of benzene rings is 2. The number of ether oxygens (including phenoxy) is 3. The number of nitrogens with zero attached hydrogens (tertiary/aromatic N) is 1. The van der Waals surface area contributed by atoms with Crippen LogP contribution in [0.25, 0.3) is 0 Å². The molecule has 0 saturated heterocycles. The van der Waals surface area contributed by atoms with E-state index in [0.717, 1.165) is 5.56 Å². The van der Waals surface area contributed by atoms with Crippen LogP contribution in [0.5, 0.6) is 17.2 Å². The fraction of sp³-hybridized carbons (Fsp3) is 0.263. The summed E-state index contributed by atoms with van der Waals surface area (Å²) in [4.78, 5) is 12.3. The molecule has 1 unspecified atom stereocenters. The molecule has 0 saturated carbocycles. The zero-order valence-electron chi connectivity index (χ0n) is 15.4. The first-order valence-electron chi connectivity index (χ1n) is 8.04. The highest BCUT2D eigenvalue weighted by atomic mass is 35.5. The van der Waals surface area contributed by atoms with Gasteiger partial charge in [0.15, 0.2) is 6.10 Å². The molecular weight excluding hydrogens is 391 g/mol. The van der Waals surface area contributed by atoms with E-state index in [1.807, 2.05) is 0 Å². The topological polar surface area (TPSA) is 69.2 Å². The maximum Gasteiger partial charge on any atom is 0.280 e. The Balaban J connectivity index is 2.06. The van der Waals surface area contributed by atoms with Crippen LogP contribution in [0, 0.1) is 0 Å². The van der Waals surface area contributed by atoms with E-state index in [4.69, 9.17) is 37.4 Å². The molecule has 2 aromatic rings. The van der Waals surface area contributed by atoms with Gasteiger partial charge in [0.2, 0.25) is 0 Å². The number of rotatable bonds is 7. The average molecular weight is 411 g/mol. The Labute approximate surface area is 168 Å². The summed E-state index contributed by atoms with van der Waals surface area (Å²) in [6, 6.07) is 10.1. The second-order valence-corrected chi connectivity index (χ2v) is 6.42. The van der Waals surface area contributed by atoms with E-state index in [1.54, 1.807) is 64.5 Å². The first-order chi connectivity index (χ1) is 12.8. The molecule has 1 N–H and O–H groups in total. The van der Waals surface area contributed by atoms with Gasteiger partial charge in [-0.05, 0) is 44.2 Å². The van der Waals surface area contributed by atoms with E-state index in [1.165, 1.54) is 0 Å². The Morgan fingerprint density at radius 2 is 1.81 bits per heavy atom. The molecule has 144 valence electrons. The summed E-state index contributed by atoms with van der Waals surface area (Å²) in [5.74, 6) is 1.19. The van der Waals surface area contributed by atoms with Crippen LogP contribution in [0.3, 0.4) is 0 Å². The number of methoxy groups -OCH3 is 2. The molecule has 2 aromatic carbocycles. The summed E-state index contributed by atoms with van der Waals surface area (Å²) in [7, 11) is 3.12. The predicted octanol–water partition coefficient (Wildman–Crippen LogP) is 4.32. The molecule has 0 aliphatic heterocycles. The molecule has 0 aromatic heterocycles. The zero-order chi connectivity index (χ0) is 20.0. The summed E-state index contributed by atoms with van der Waals surface area (Å²) in [5, 5.41) is 4.93. The van der Waals surface area contributed by atoms with Crippen molar-refractivity contribution in [3.8, 4) is 17.2 Å². The van der Waals surface area contributed by atoms with Crippen molar-refractivity contribution < 1.29 is 19.0 Å². The lowest BCUT2D eigenvalue weighted by molar-refractivity contribution is -0.127. The lowest BCUT2D eigenvalue weighted by atomic mass is 10.1. The molecular formula is C19H20Cl2N2O4. The third kappa shape index (κ3) is 5.52. The summed E-state index contributed by atoms with van der Waals surface area (Å²) in [6.45, 7) is 3.35. The largest absolute Gasteiger partial charge is 0.497 e. The monoisotopic (exact) mass is 410 g/mol. The fourth-order valence-electron chi connectivity index (χ4n) is 2.20. The molecule has 6 nitrogen and oxygen atoms in total. The molecule has 1 atom stereocenters. The first-order valence-corrected chi connectivity index (χ1v) is 8.79. The van der Waals surface area contributed by atoms with Gasteiger partial charge in [-0.2, -0.15) is 5.10 Å². The van der Waals surface area contributed by atoms with Gasteiger partial charge < -0.3 is 14.2 Å². The van der Waals surface area contributed by atoms with Crippen LogP contribution < -0.4 is 19.6 Å². The maximum atomic E-state index is 12.3. The quantitative estimate of drug-likeness (QED) is 0.544. The molecule has 0 heterocycles. The van der Waals surface area contributed by atoms with Gasteiger partial charge in [-0.1, -0.05) is 23.2 Å². The number of halogens is 2. The third-order valence-corrected chi connectivity index (χ3v) is 4.23. The minimum atomic E-state index is -0.807. The van der Waals surface area contributed by atoms with E-state index in [-0.39, 0.29) is 0 Å². The number of carbonyl (C=O) groups excluding carboxylic acids is 1. The summed E-state index contributed by atoms with van der Waals surface area (Å²) in [5.41, 5.74) is 3.78. The van der Waals surface area contributed by atoms with Gasteiger partial charge in [0, 0.05) is 16.7 Å². The van der Waals surface area contributed by atoms with Crippen LogP contribution in [-0.2, 0) is 4.79 Å². The second kappa shape index (κ2) is 9.48. The minimum Gasteiger partial charge on any atom is -0.497 e. The van der Waals surface area contributed by atoms with Crippen molar-refractivity contribution in [2.24, 2.45) is 5.10 Å². The Hall–Kier alpha value is -2.44. The molecule has 0 fully saturated rings. The van der Waals surface area contributed by atoms with Crippen molar-refractivity contribution in [2.75, 3.05) is 14.2 Å². The van der Waals surface area contributed by atoms with E-state index in [0.29, 0.717) is 33.0 Å². The molecule has 27 heavy (non-hydrogen) atoms. The van der Waals surface area contributed by atoms with Gasteiger partial charge in [-0.15, -0.1) is 0 Å². The van der Waals surface area contributed by atoms with Crippen LogP contribution in [0.2, 0.25) is 10.0 Å². The SMILES string of the molecule is COc1ccc(/C(C)=N/NC(=O)C(C)Oc2ccc(Cl)cc2Cl)c(OC)c1. The second-order valence-electron chi connectivity index (χ2n) is 5.57. The summed E-state index contributed by atoms with van der Waals surface area (Å²) < 4.78 is 16.1. The highest BCUT2D eigenvalue weighted by Crippen LogP contribution is 2.28. The van der Waals surface area contributed by atoms with Crippen molar-refractivity contribution in [1.29, 1.82) is 0 Å². The molecule has 0 aliphatic carbocycles. The molecule has 0 aliphatic rings. The standard InChI is InChI=1S/C19H20Cl2N2O4/c1-11(15-7-6-14(25-3)10-18(15)26-4)22-23-19(24)12(2)27-17-8-5-13(20)9-16(17)21/h5-10,12H,1-4H3,(H,23,24)/b22-11+. The number of hydrazone groups is 1. The summed E-state index contributed by atoms with van der Waals surface area (Å²) in [6.07, 6.45) is -0.807. The third-order valence-electron chi connectivity index (χ3n) is 3.70. The van der Waals surface area contributed by atoms with Crippen molar-refractivity contribution in [3.63, 3.8) is 0 Å². The van der Waals surface area contributed by atoms with Gasteiger partial charge in [0.05, 0.1) is 25.0 Å². The Morgan fingerprint density at radius 3 is 2.44 bits per heavy atom. The van der Waals surface area contributed by atoms with Crippen LogP contribution in [0.1, 0.15) is 19.4 Å². The zero-order valence-corrected chi connectivity index (χ0v) is 16.9. The lowest BCUT2D eigenvalue weighted by Gasteiger charge is -2.15. The van der Waals surface area contributed by atoms with E-state index in [9.17, 15) is 4.79 Å². The van der Waals surface area contributed by atoms with Crippen LogP contribution in [-0.4, -0.2) is 31.9 Å². The van der Waals surface area contributed by atoms with Crippen LogP contribution >= 0.6 is 23.2 Å². The molecule has 0 radical (unpaired) electrons. The van der Waals surface area contributed by atoms with Crippen molar-refractivity contribution in [2.45, 2.75) is 20.0 Å². The Kier molecular flexibility index (Phi) is 7.33. The van der Waals surface area contributed by atoms with E-state index in [2.05, 4.69) is 10.5 Å². The predicted molar refractivity (Wildman–Crippen MR) is 106 cm³/mol. The Bertz CT molecular complexity index is 856. The fourth-order valence-corrected chi connectivity index (χ4v) is 2.66. The first kappa shape index (κ1) is 20.9. The van der Waals surface area contributed by atoms with Crippen molar-refractivity contribution in [3.05, 3.63) is 52.0 Å². The normalized spacial score (nSPS) is 12.3. The smallest absolute Gasteiger partial charge is 0.280 e. The highest BCUT2D eigenvalue weighted by Gasteiger charge is 2.16. The minimum absolute atomic E-state index is 0.324. The maximum absolute atomic E-state index is 12.3. The van der Waals surface area contributed by atoms with Crippen molar-refractivity contribution in [1.82, 2.24) is 5.43 Å². The number of nitrogens with one attached hydrogen (secondary N) is 1. The molecule has 2 rings (SSSR count). The van der Waals surface area contributed by atoms with Gasteiger partial charge >= 0.3 is 0 Å². The van der Waals surface area contributed by atoms with Gasteiger partial charge in [-0.3, -0.25) is 4.79 Å². The number of hydrogen-bond donors (Lipinski definition) is 1. The lowest BCUT2D eigenvalue weighted by Crippen LogP contribution is -2.34. The average Bonchev–Trinajstić information content (AvgIpc) is 2.67. The number of amides is 1. The molecule has 8 heteroatoms. The van der Waals surface area contributed by atoms with Crippen LogP contribution in [0.4, 0.5) is 0 Å². The number of hydrogen-bond acceptors (Lipinski definition) is 5. The van der Waals surface area contributed by atoms with Crippen molar-refractivity contribution >= 4 is 34.8 Å². The highest BCUT2D eigenvalue weighted by molar-refractivity contribution is 6.35. The molecule has 0 bridgehead atoms. The molecule has 0 spiro atoms. The van der Waals surface area contributed by atoms with E-state index < -0.39 is 12.0 Å². The summed E-state index contributed by atoms with van der Waals surface area (Å²) >= 11 is 11.9. The Morgan fingerprint density at radius 1 is 1.07 bits per heavy atom. The van der Waals surface area contributed by atoms with E-state index >= 15 is 0 Å². The van der Waals surface area contributed by atoms with Gasteiger partial charge in [0.1, 0.15) is 17.2 Å². The van der Waals surface area contributed by atoms with Gasteiger partial charge in [0.25, 0.3) is 5.91 Å². The van der Waals surface area contributed by atoms with Gasteiger partial charge in [-0.25, -0.2) is 5.43 Å². The van der Waals surface area contributed by atoms with Crippen LogP contribution in [0.15, 0.2) is 41.5 Å².